The van der Waals surface area contributed by atoms with Crippen LogP contribution in [0.5, 0.6) is 0 Å². The highest BCUT2D eigenvalue weighted by Gasteiger charge is 2.38. The molecule has 3 aromatic carbocycles. The standard InChI is InChI=1S/C25H19ClN4O3/c1-15-28-23(29-33-15)22-21(26)19-9-5-6-10-20(19)30(22)18-13-11-17(12-14-18)25(32,24(27)31)16-7-3-2-4-8-16/h2-14,32H,1H3,(H2,27,31). The van der Waals surface area contributed by atoms with Crippen LogP contribution >= 0.6 is 11.6 Å². The van der Waals surface area contributed by atoms with E-state index in [0.717, 1.165) is 16.6 Å². The van der Waals surface area contributed by atoms with Crippen LogP contribution in [0.3, 0.4) is 0 Å². The number of halogens is 1. The molecule has 1 unspecified atom stereocenters. The molecule has 7 nitrogen and oxygen atoms in total. The smallest absolute Gasteiger partial charge is 0.258 e. The number of fused-ring (bicyclic) bond motifs is 1. The number of aryl methyl sites for hydroxylation is 1. The number of primary amides is 1. The first-order valence-corrected chi connectivity index (χ1v) is 10.6. The Balaban J connectivity index is 1.69. The molecule has 0 aliphatic rings. The van der Waals surface area contributed by atoms with Gasteiger partial charge in [0, 0.05) is 18.0 Å². The van der Waals surface area contributed by atoms with Crippen molar-refractivity contribution in [3.8, 4) is 17.2 Å². The minimum atomic E-state index is -1.97. The summed E-state index contributed by atoms with van der Waals surface area (Å²) in [6, 6.07) is 23.2. The van der Waals surface area contributed by atoms with Crippen LogP contribution in [0, 0.1) is 6.92 Å². The van der Waals surface area contributed by atoms with Gasteiger partial charge in [-0.2, -0.15) is 4.98 Å². The molecule has 164 valence electrons. The third-order valence-electron chi connectivity index (χ3n) is 5.64. The molecule has 0 radical (unpaired) electrons. The highest BCUT2D eigenvalue weighted by molar-refractivity contribution is 6.38. The molecule has 1 amide bonds. The summed E-state index contributed by atoms with van der Waals surface area (Å²) in [5.74, 6) is -0.0859. The largest absolute Gasteiger partial charge is 0.372 e. The van der Waals surface area contributed by atoms with Crippen LogP contribution in [0.25, 0.3) is 28.1 Å². The van der Waals surface area contributed by atoms with Crippen LogP contribution in [0.2, 0.25) is 5.02 Å². The lowest BCUT2D eigenvalue weighted by molar-refractivity contribution is -0.133. The Bertz CT molecular complexity index is 1480. The van der Waals surface area contributed by atoms with E-state index in [9.17, 15) is 9.90 Å². The number of carbonyl (C=O) groups is 1. The number of hydrogen-bond acceptors (Lipinski definition) is 5. The van der Waals surface area contributed by atoms with Gasteiger partial charge in [-0.25, -0.2) is 0 Å². The maximum absolute atomic E-state index is 12.3. The summed E-state index contributed by atoms with van der Waals surface area (Å²) < 4.78 is 7.10. The normalized spacial score (nSPS) is 13.2. The zero-order valence-electron chi connectivity index (χ0n) is 17.6. The zero-order valence-corrected chi connectivity index (χ0v) is 18.3. The van der Waals surface area contributed by atoms with Crippen molar-refractivity contribution in [2.24, 2.45) is 5.73 Å². The minimum absolute atomic E-state index is 0.351. The molecule has 0 fully saturated rings. The van der Waals surface area contributed by atoms with E-state index in [2.05, 4.69) is 10.1 Å². The fourth-order valence-corrected chi connectivity index (χ4v) is 4.37. The third-order valence-corrected chi connectivity index (χ3v) is 6.03. The van der Waals surface area contributed by atoms with Gasteiger partial charge in [0.15, 0.2) is 5.60 Å². The second-order valence-electron chi connectivity index (χ2n) is 7.64. The lowest BCUT2D eigenvalue weighted by atomic mass is 9.85. The lowest BCUT2D eigenvalue weighted by Gasteiger charge is -2.26. The number of rotatable bonds is 5. The van der Waals surface area contributed by atoms with Gasteiger partial charge in [-0.3, -0.25) is 4.79 Å². The van der Waals surface area contributed by atoms with Crippen LogP contribution in [0.4, 0.5) is 0 Å². The number of amides is 1. The number of nitrogens with two attached hydrogens (primary N) is 1. The van der Waals surface area contributed by atoms with Gasteiger partial charge in [0.2, 0.25) is 11.7 Å². The van der Waals surface area contributed by atoms with Gasteiger partial charge in [0.25, 0.3) is 5.91 Å². The van der Waals surface area contributed by atoms with Crippen LogP contribution in [0.15, 0.2) is 83.4 Å². The summed E-state index contributed by atoms with van der Waals surface area (Å²) in [4.78, 5) is 16.7. The molecule has 0 saturated heterocycles. The molecule has 0 aliphatic carbocycles. The predicted molar refractivity (Wildman–Crippen MR) is 125 cm³/mol. The van der Waals surface area contributed by atoms with Crippen molar-refractivity contribution in [2.75, 3.05) is 0 Å². The van der Waals surface area contributed by atoms with Crippen LogP contribution in [-0.2, 0) is 10.4 Å². The van der Waals surface area contributed by atoms with Gasteiger partial charge < -0.3 is 19.9 Å². The monoisotopic (exact) mass is 458 g/mol. The van der Waals surface area contributed by atoms with Crippen molar-refractivity contribution >= 4 is 28.4 Å². The molecule has 5 rings (SSSR count). The number of aromatic nitrogens is 3. The molecule has 1 atom stereocenters. The molecule has 8 heteroatoms. The first-order chi connectivity index (χ1) is 15.9. The first-order valence-electron chi connectivity index (χ1n) is 10.2. The van der Waals surface area contributed by atoms with Gasteiger partial charge in [0.05, 0.1) is 10.5 Å². The van der Waals surface area contributed by atoms with Gasteiger partial charge in [-0.05, 0) is 29.3 Å². The van der Waals surface area contributed by atoms with Crippen molar-refractivity contribution < 1.29 is 14.4 Å². The Morgan fingerprint density at radius 1 is 1.00 bits per heavy atom. The molecule has 3 N–H and O–H groups in total. The second-order valence-corrected chi connectivity index (χ2v) is 8.02. The Morgan fingerprint density at radius 3 is 2.27 bits per heavy atom. The topological polar surface area (TPSA) is 107 Å². The highest BCUT2D eigenvalue weighted by atomic mass is 35.5. The first kappa shape index (κ1) is 20.9. The predicted octanol–water partition coefficient (Wildman–Crippen LogP) is 4.36. The molecule has 2 aromatic heterocycles. The molecule has 0 spiro atoms. The Labute approximate surface area is 194 Å². The third kappa shape index (κ3) is 3.29. The highest BCUT2D eigenvalue weighted by Crippen LogP contribution is 2.39. The quantitative estimate of drug-likeness (QED) is 0.407. The summed E-state index contributed by atoms with van der Waals surface area (Å²) in [5.41, 5.74) is 6.56. The van der Waals surface area contributed by atoms with Gasteiger partial charge in [-0.15, -0.1) is 0 Å². The Morgan fingerprint density at radius 2 is 1.64 bits per heavy atom. The number of nitrogens with zero attached hydrogens (tertiary/aromatic N) is 3. The van der Waals surface area contributed by atoms with E-state index in [1.807, 2.05) is 28.8 Å². The van der Waals surface area contributed by atoms with Crippen LogP contribution in [-0.4, -0.2) is 25.7 Å². The zero-order chi connectivity index (χ0) is 23.2. The van der Waals surface area contributed by atoms with E-state index in [1.54, 1.807) is 61.5 Å². The van der Waals surface area contributed by atoms with Crippen LogP contribution in [0.1, 0.15) is 17.0 Å². The van der Waals surface area contributed by atoms with E-state index in [-0.39, 0.29) is 0 Å². The SMILES string of the molecule is Cc1nc(-c2c(Cl)c3ccccc3n2-c2ccc(C(O)(C(N)=O)c3ccccc3)cc2)no1. The summed E-state index contributed by atoms with van der Waals surface area (Å²) in [7, 11) is 0. The average Bonchev–Trinajstić information content (AvgIpc) is 3.40. The minimum Gasteiger partial charge on any atom is -0.372 e. The second kappa shape index (κ2) is 7.88. The molecule has 0 bridgehead atoms. The number of para-hydroxylation sites is 1. The number of carbonyl (C=O) groups excluding carboxylic acids is 1. The fraction of sp³-hybridized carbons (Fsp3) is 0.0800. The van der Waals surface area contributed by atoms with Crippen molar-refractivity contribution in [3.63, 3.8) is 0 Å². The Kier molecular flexibility index (Phi) is 5.00. The number of benzene rings is 3. The molecular weight excluding hydrogens is 440 g/mol. The van der Waals surface area contributed by atoms with E-state index in [0.29, 0.717) is 33.6 Å². The summed E-state index contributed by atoms with van der Waals surface area (Å²) in [6.45, 7) is 1.71. The van der Waals surface area contributed by atoms with Crippen molar-refractivity contribution in [2.45, 2.75) is 12.5 Å². The summed E-state index contributed by atoms with van der Waals surface area (Å²) in [5, 5.41) is 16.7. The number of hydrogen-bond donors (Lipinski definition) is 2. The molecule has 0 saturated carbocycles. The van der Waals surface area contributed by atoms with E-state index < -0.39 is 11.5 Å². The Hall–Kier alpha value is -3.94. The van der Waals surface area contributed by atoms with E-state index in [1.165, 1.54) is 0 Å². The maximum Gasteiger partial charge on any atom is 0.258 e. The molecule has 33 heavy (non-hydrogen) atoms. The van der Waals surface area contributed by atoms with E-state index in [4.69, 9.17) is 21.9 Å². The van der Waals surface area contributed by atoms with Crippen molar-refractivity contribution in [3.05, 3.63) is 101 Å². The molecule has 0 aliphatic heterocycles. The number of aliphatic hydroxyl groups is 1. The van der Waals surface area contributed by atoms with Gasteiger partial charge >= 0.3 is 0 Å². The van der Waals surface area contributed by atoms with Crippen molar-refractivity contribution in [1.82, 2.24) is 14.7 Å². The van der Waals surface area contributed by atoms with Gasteiger partial charge in [-0.1, -0.05) is 77.4 Å². The summed E-state index contributed by atoms with van der Waals surface area (Å²) in [6.07, 6.45) is 0. The average molecular weight is 459 g/mol. The maximum atomic E-state index is 12.3. The summed E-state index contributed by atoms with van der Waals surface area (Å²) >= 11 is 6.74. The fourth-order valence-electron chi connectivity index (χ4n) is 4.04. The van der Waals surface area contributed by atoms with Crippen molar-refractivity contribution in [1.29, 1.82) is 0 Å². The van der Waals surface area contributed by atoms with E-state index >= 15 is 0 Å². The molecule has 5 aromatic rings. The molecule has 2 heterocycles. The molecular formula is C25H19ClN4O3. The van der Waals surface area contributed by atoms with Gasteiger partial charge in [0.1, 0.15) is 5.69 Å². The van der Waals surface area contributed by atoms with Crippen LogP contribution < -0.4 is 5.73 Å². The lowest BCUT2D eigenvalue weighted by Crippen LogP contribution is -2.42.